The molecule has 0 aliphatic carbocycles. The van der Waals surface area contributed by atoms with Crippen molar-refractivity contribution in [1.29, 1.82) is 5.26 Å². The average Bonchev–Trinajstić information content (AvgIpc) is 2.03. The zero-order valence-corrected chi connectivity index (χ0v) is 5.84. The van der Waals surface area contributed by atoms with Gasteiger partial charge in [0.15, 0.2) is 0 Å². The van der Waals surface area contributed by atoms with E-state index in [2.05, 4.69) is 0 Å². The molecule has 0 unspecified atom stereocenters. The second-order valence-corrected chi connectivity index (χ2v) is 2.08. The number of nitriles is 1. The van der Waals surface area contributed by atoms with Crippen LogP contribution in [0.3, 0.4) is 0 Å². The van der Waals surface area contributed by atoms with Crippen molar-refractivity contribution in [3.05, 3.63) is 35.1 Å². The van der Waals surface area contributed by atoms with Crippen LogP contribution in [0.1, 0.15) is 15.9 Å². The molecular formula is C8H3F2NO. The quantitative estimate of drug-likeness (QED) is 0.598. The van der Waals surface area contributed by atoms with Gasteiger partial charge in [0.25, 0.3) is 0 Å². The van der Waals surface area contributed by atoms with Crippen LogP contribution in [0.4, 0.5) is 8.78 Å². The summed E-state index contributed by atoms with van der Waals surface area (Å²) in [6.45, 7) is 0. The monoisotopic (exact) mass is 167 g/mol. The molecule has 0 aliphatic heterocycles. The van der Waals surface area contributed by atoms with Crippen molar-refractivity contribution >= 4 is 6.04 Å². The van der Waals surface area contributed by atoms with Crippen LogP contribution >= 0.6 is 0 Å². The molecule has 0 heterocycles. The lowest BCUT2D eigenvalue weighted by Crippen LogP contribution is -1.95. The van der Waals surface area contributed by atoms with Gasteiger partial charge in [-0.2, -0.15) is 9.65 Å². The van der Waals surface area contributed by atoms with Crippen LogP contribution in [-0.4, -0.2) is 6.04 Å². The summed E-state index contributed by atoms with van der Waals surface area (Å²) in [7, 11) is 0. The van der Waals surface area contributed by atoms with E-state index in [1.165, 1.54) is 6.07 Å². The third-order valence-corrected chi connectivity index (χ3v) is 1.31. The maximum absolute atomic E-state index is 12.7. The summed E-state index contributed by atoms with van der Waals surface area (Å²) in [6, 6.07) is 2.75. The van der Waals surface area contributed by atoms with E-state index in [0.29, 0.717) is 0 Å². The molecule has 1 aromatic rings. The van der Waals surface area contributed by atoms with E-state index < -0.39 is 17.4 Å². The number of rotatable bonds is 1. The minimum Gasteiger partial charge on any atom is -0.255 e. The lowest BCUT2D eigenvalue weighted by atomic mass is 10.1. The highest BCUT2D eigenvalue weighted by Gasteiger charge is 2.10. The molecule has 0 bridgehead atoms. The SMILES string of the molecule is N#Cc1ccc(C(=O)F)c(F)c1. The highest BCUT2D eigenvalue weighted by molar-refractivity contribution is 5.88. The third-order valence-electron chi connectivity index (χ3n) is 1.31. The second-order valence-electron chi connectivity index (χ2n) is 2.08. The second kappa shape index (κ2) is 3.09. The Morgan fingerprint density at radius 3 is 2.58 bits per heavy atom. The number of carbonyl (C=O) groups is 1. The van der Waals surface area contributed by atoms with Crippen molar-refractivity contribution in [2.24, 2.45) is 0 Å². The first-order valence-electron chi connectivity index (χ1n) is 3.04. The minimum absolute atomic E-state index is 0.0532. The Labute approximate surface area is 67.0 Å². The molecule has 0 saturated carbocycles. The summed E-state index contributed by atoms with van der Waals surface area (Å²) in [5.41, 5.74) is -0.591. The van der Waals surface area contributed by atoms with Gasteiger partial charge in [0, 0.05) is 0 Å². The Kier molecular flexibility index (Phi) is 2.15. The molecule has 0 N–H and O–H groups in total. The molecule has 0 atom stereocenters. The Morgan fingerprint density at radius 2 is 2.17 bits per heavy atom. The molecule has 1 rings (SSSR count). The predicted octanol–water partition coefficient (Wildman–Crippen LogP) is 1.81. The summed E-state index contributed by atoms with van der Waals surface area (Å²) in [6.07, 6.45) is 0. The summed E-state index contributed by atoms with van der Waals surface area (Å²) in [4.78, 5) is 10.1. The number of nitrogens with zero attached hydrogens (tertiary/aromatic N) is 1. The highest BCUT2D eigenvalue weighted by Crippen LogP contribution is 2.10. The number of halogens is 2. The Morgan fingerprint density at radius 1 is 1.50 bits per heavy atom. The third kappa shape index (κ3) is 1.45. The fraction of sp³-hybridized carbons (Fsp3) is 0. The first-order chi connectivity index (χ1) is 5.65. The number of benzene rings is 1. The molecule has 0 amide bonds. The Bertz CT molecular complexity index is 368. The zero-order chi connectivity index (χ0) is 9.14. The number of carbonyl (C=O) groups excluding carboxylic acids is 1. The van der Waals surface area contributed by atoms with Gasteiger partial charge in [0.2, 0.25) is 0 Å². The largest absolute Gasteiger partial charge is 0.335 e. The first-order valence-corrected chi connectivity index (χ1v) is 3.04. The minimum atomic E-state index is -1.84. The molecule has 0 aromatic heterocycles. The van der Waals surface area contributed by atoms with Crippen molar-refractivity contribution in [3.63, 3.8) is 0 Å². The predicted molar refractivity (Wildman–Crippen MR) is 36.6 cm³/mol. The molecule has 0 fully saturated rings. The van der Waals surface area contributed by atoms with Gasteiger partial charge in [-0.15, -0.1) is 0 Å². The standard InChI is InChI=1S/C8H3F2NO/c9-7-3-5(4-11)1-2-6(7)8(10)12/h1-3H. The zero-order valence-electron chi connectivity index (χ0n) is 5.84. The summed E-state index contributed by atoms with van der Waals surface area (Å²) < 4.78 is 24.6. The summed E-state index contributed by atoms with van der Waals surface area (Å²) >= 11 is 0. The van der Waals surface area contributed by atoms with Crippen LogP contribution in [0.25, 0.3) is 0 Å². The maximum atomic E-state index is 12.7. The molecule has 4 heteroatoms. The molecule has 1 aromatic carbocycles. The topological polar surface area (TPSA) is 40.9 Å². The fourth-order valence-corrected chi connectivity index (χ4v) is 0.744. The van der Waals surface area contributed by atoms with E-state index in [1.807, 2.05) is 0 Å². The number of hydrogen-bond acceptors (Lipinski definition) is 2. The van der Waals surface area contributed by atoms with Crippen molar-refractivity contribution in [3.8, 4) is 6.07 Å². The van der Waals surface area contributed by atoms with Gasteiger partial charge in [0.1, 0.15) is 5.82 Å². The summed E-state index contributed by atoms with van der Waals surface area (Å²) in [5.74, 6) is -1.01. The van der Waals surface area contributed by atoms with Crippen molar-refractivity contribution in [2.45, 2.75) is 0 Å². The average molecular weight is 167 g/mol. The van der Waals surface area contributed by atoms with Crippen molar-refractivity contribution < 1.29 is 13.6 Å². The molecule has 2 nitrogen and oxygen atoms in total. The van der Waals surface area contributed by atoms with Gasteiger partial charge < -0.3 is 0 Å². The summed E-state index contributed by atoms with van der Waals surface area (Å²) in [5, 5.41) is 8.30. The van der Waals surface area contributed by atoms with Gasteiger partial charge >= 0.3 is 6.04 Å². The van der Waals surface area contributed by atoms with Crippen LogP contribution in [0.2, 0.25) is 0 Å². The molecule has 0 spiro atoms. The van der Waals surface area contributed by atoms with E-state index in [-0.39, 0.29) is 5.56 Å². The smallest absolute Gasteiger partial charge is 0.255 e. The van der Waals surface area contributed by atoms with Crippen LogP contribution < -0.4 is 0 Å². The van der Waals surface area contributed by atoms with E-state index in [9.17, 15) is 13.6 Å². The lowest BCUT2D eigenvalue weighted by molar-refractivity contribution is 0.0831. The fourth-order valence-electron chi connectivity index (χ4n) is 0.744. The molecule has 0 radical (unpaired) electrons. The molecule has 60 valence electrons. The van der Waals surface area contributed by atoms with Gasteiger partial charge in [0.05, 0.1) is 17.2 Å². The number of hydrogen-bond donors (Lipinski definition) is 0. The van der Waals surface area contributed by atoms with Crippen LogP contribution in [0, 0.1) is 17.1 Å². The normalized spacial score (nSPS) is 9.08. The van der Waals surface area contributed by atoms with Crippen molar-refractivity contribution in [1.82, 2.24) is 0 Å². The van der Waals surface area contributed by atoms with Crippen molar-refractivity contribution in [2.75, 3.05) is 0 Å². The first kappa shape index (κ1) is 8.34. The highest BCUT2D eigenvalue weighted by atomic mass is 19.1. The van der Waals surface area contributed by atoms with Gasteiger partial charge in [-0.05, 0) is 18.2 Å². The molecule has 0 aliphatic rings. The van der Waals surface area contributed by atoms with E-state index in [4.69, 9.17) is 5.26 Å². The maximum Gasteiger partial charge on any atom is 0.335 e. The van der Waals surface area contributed by atoms with Gasteiger partial charge in [-0.3, -0.25) is 4.79 Å². The van der Waals surface area contributed by atoms with Gasteiger partial charge in [-0.25, -0.2) is 4.39 Å². The van der Waals surface area contributed by atoms with Gasteiger partial charge in [-0.1, -0.05) is 0 Å². The van der Waals surface area contributed by atoms with E-state index >= 15 is 0 Å². The van der Waals surface area contributed by atoms with Crippen LogP contribution in [0.5, 0.6) is 0 Å². The van der Waals surface area contributed by atoms with Crippen LogP contribution in [0.15, 0.2) is 18.2 Å². The van der Waals surface area contributed by atoms with Crippen LogP contribution in [-0.2, 0) is 0 Å². The Hall–Kier alpha value is -1.76. The Balaban J connectivity index is 3.23. The molecule has 0 saturated heterocycles. The lowest BCUT2D eigenvalue weighted by Gasteiger charge is -1.94. The molecular weight excluding hydrogens is 164 g/mol. The molecule has 12 heavy (non-hydrogen) atoms. The van der Waals surface area contributed by atoms with E-state index in [0.717, 1.165) is 12.1 Å². The van der Waals surface area contributed by atoms with E-state index in [1.54, 1.807) is 6.07 Å².